The molecule has 0 atom stereocenters. The van der Waals surface area contributed by atoms with Crippen LogP contribution in [0.25, 0.3) is 0 Å². The Hall–Kier alpha value is -1.63. The summed E-state index contributed by atoms with van der Waals surface area (Å²) in [5, 5.41) is 7.47. The summed E-state index contributed by atoms with van der Waals surface area (Å²) in [6, 6.07) is 0. The van der Waals surface area contributed by atoms with Gasteiger partial charge in [0, 0.05) is 20.7 Å². The van der Waals surface area contributed by atoms with Crippen LogP contribution in [-0.4, -0.2) is 63.2 Å². The number of rotatable bonds is 9. The van der Waals surface area contributed by atoms with Crippen LogP contribution < -0.4 is 0 Å². The maximum Gasteiger partial charge on any atom is 0.409 e. The average Bonchev–Trinajstić information content (AvgIpc) is 2.35. The Bertz CT molecular complexity index is 304. The highest BCUT2D eigenvalue weighted by Crippen LogP contribution is 1.93. The molecule has 1 N–H and O–H groups in total. The van der Waals surface area contributed by atoms with Gasteiger partial charge in [0.2, 0.25) is 0 Å². The Kier molecular flexibility index (Phi) is 9.42. The summed E-state index contributed by atoms with van der Waals surface area (Å²) in [7, 11) is 3.08. The van der Waals surface area contributed by atoms with Crippen molar-refractivity contribution < 1.29 is 23.8 Å². The average molecular weight is 274 g/mol. The monoisotopic (exact) mass is 274 g/mol. The van der Waals surface area contributed by atoms with Crippen LogP contribution in [0.1, 0.15) is 19.8 Å². The lowest BCUT2D eigenvalue weighted by atomic mass is 10.3. The molecule has 7 heteroatoms. The number of esters is 1. The van der Waals surface area contributed by atoms with E-state index in [-0.39, 0.29) is 25.3 Å². The molecule has 0 spiro atoms. The van der Waals surface area contributed by atoms with Gasteiger partial charge in [-0.1, -0.05) is 6.92 Å². The Morgan fingerprint density at radius 3 is 2.37 bits per heavy atom. The Balaban J connectivity index is 3.64. The molecule has 7 nitrogen and oxygen atoms in total. The van der Waals surface area contributed by atoms with E-state index in [0.717, 1.165) is 6.42 Å². The third kappa shape index (κ3) is 10.0. The predicted octanol–water partition coefficient (Wildman–Crippen LogP) is 1.06. The first-order chi connectivity index (χ1) is 8.97. The van der Waals surface area contributed by atoms with Crippen LogP contribution in [0.5, 0.6) is 0 Å². The molecule has 0 saturated heterocycles. The summed E-state index contributed by atoms with van der Waals surface area (Å²) < 4.78 is 14.7. The molecule has 1 amide bonds. The number of hydrogen-bond acceptors (Lipinski definition) is 6. The molecule has 0 aromatic rings. The second-order valence-corrected chi connectivity index (χ2v) is 4.06. The number of amides is 1. The Morgan fingerprint density at radius 1 is 1.11 bits per heavy atom. The van der Waals surface area contributed by atoms with Gasteiger partial charge in [0.1, 0.15) is 13.2 Å². The lowest BCUT2D eigenvalue weighted by Crippen LogP contribution is -2.26. The minimum absolute atomic E-state index is 0.00493. The fraction of sp³-hybridized carbons (Fsp3) is 0.750. The van der Waals surface area contributed by atoms with Crippen molar-refractivity contribution in [2.24, 2.45) is 0 Å². The fourth-order valence-electron chi connectivity index (χ4n) is 1.02. The van der Waals surface area contributed by atoms with Crippen LogP contribution in [0.2, 0.25) is 0 Å². The van der Waals surface area contributed by atoms with Crippen LogP contribution in [0, 0.1) is 5.41 Å². The van der Waals surface area contributed by atoms with Crippen LogP contribution in [-0.2, 0) is 19.0 Å². The first-order valence-corrected chi connectivity index (χ1v) is 6.11. The number of hydrogen-bond donors (Lipinski definition) is 1. The molecule has 0 unspecified atom stereocenters. The third-order valence-electron chi connectivity index (χ3n) is 1.93. The standard InChI is InChI=1S/C12H22N2O5/c1-4-5-17-6-7-18-11(15)8-10(13)9-19-12(16)14(2)3/h13H,4-9H2,1-3H3. The van der Waals surface area contributed by atoms with E-state index in [1.54, 1.807) is 0 Å². The van der Waals surface area contributed by atoms with Gasteiger partial charge in [-0.25, -0.2) is 4.79 Å². The van der Waals surface area contributed by atoms with Crippen LogP contribution in [0.15, 0.2) is 0 Å². The summed E-state index contributed by atoms with van der Waals surface area (Å²) in [6.45, 7) is 2.93. The smallest absolute Gasteiger partial charge is 0.409 e. The Morgan fingerprint density at radius 2 is 1.79 bits per heavy atom. The molecule has 0 saturated carbocycles. The van der Waals surface area contributed by atoms with E-state index in [0.29, 0.717) is 13.2 Å². The molecule has 0 radical (unpaired) electrons. The maximum absolute atomic E-state index is 11.3. The third-order valence-corrected chi connectivity index (χ3v) is 1.93. The summed E-state index contributed by atoms with van der Waals surface area (Å²) in [4.78, 5) is 23.6. The molecule has 110 valence electrons. The molecule has 19 heavy (non-hydrogen) atoms. The van der Waals surface area contributed by atoms with Gasteiger partial charge in [-0.2, -0.15) is 0 Å². The van der Waals surface area contributed by atoms with Crippen molar-refractivity contribution in [2.45, 2.75) is 19.8 Å². The summed E-state index contributed by atoms with van der Waals surface area (Å²) in [6.07, 6.45) is 0.177. The fourth-order valence-corrected chi connectivity index (χ4v) is 1.02. The highest BCUT2D eigenvalue weighted by molar-refractivity contribution is 5.98. The van der Waals surface area contributed by atoms with E-state index < -0.39 is 12.1 Å². The lowest BCUT2D eigenvalue weighted by molar-refractivity contribution is -0.143. The molecular weight excluding hydrogens is 252 g/mol. The first kappa shape index (κ1) is 17.4. The van der Waals surface area contributed by atoms with E-state index in [1.165, 1.54) is 19.0 Å². The molecule has 0 fully saturated rings. The largest absolute Gasteiger partial charge is 0.463 e. The van der Waals surface area contributed by atoms with Crippen molar-refractivity contribution in [3.63, 3.8) is 0 Å². The van der Waals surface area contributed by atoms with Crippen molar-refractivity contribution in [1.82, 2.24) is 4.90 Å². The predicted molar refractivity (Wildman–Crippen MR) is 69.4 cm³/mol. The van der Waals surface area contributed by atoms with Crippen molar-refractivity contribution in [2.75, 3.05) is 40.5 Å². The van der Waals surface area contributed by atoms with Gasteiger partial charge < -0.3 is 24.5 Å². The van der Waals surface area contributed by atoms with Crippen molar-refractivity contribution >= 4 is 17.8 Å². The van der Waals surface area contributed by atoms with Gasteiger partial charge >= 0.3 is 12.1 Å². The molecule has 0 aromatic heterocycles. The van der Waals surface area contributed by atoms with E-state index in [2.05, 4.69) is 0 Å². The number of ether oxygens (including phenoxy) is 3. The first-order valence-electron chi connectivity index (χ1n) is 6.11. The second-order valence-electron chi connectivity index (χ2n) is 4.06. The zero-order chi connectivity index (χ0) is 14.7. The van der Waals surface area contributed by atoms with Crippen LogP contribution in [0.4, 0.5) is 4.79 Å². The topological polar surface area (TPSA) is 88.9 Å². The van der Waals surface area contributed by atoms with Crippen molar-refractivity contribution in [1.29, 1.82) is 5.41 Å². The normalized spacial score (nSPS) is 9.84. The van der Waals surface area contributed by atoms with E-state index in [9.17, 15) is 9.59 Å². The number of nitrogens with zero attached hydrogens (tertiary/aromatic N) is 1. The quantitative estimate of drug-likeness (QED) is 0.386. The maximum atomic E-state index is 11.3. The van der Waals surface area contributed by atoms with Gasteiger partial charge in [-0.05, 0) is 6.42 Å². The van der Waals surface area contributed by atoms with E-state index in [4.69, 9.17) is 19.6 Å². The summed E-state index contributed by atoms with van der Waals surface area (Å²) >= 11 is 0. The van der Waals surface area contributed by atoms with E-state index in [1.807, 2.05) is 6.92 Å². The minimum atomic E-state index is -0.550. The Labute approximate surface area is 113 Å². The van der Waals surface area contributed by atoms with Gasteiger partial charge in [0.05, 0.1) is 18.7 Å². The molecule has 0 aromatic carbocycles. The lowest BCUT2D eigenvalue weighted by Gasteiger charge is -2.11. The van der Waals surface area contributed by atoms with Gasteiger partial charge in [-0.3, -0.25) is 4.79 Å². The van der Waals surface area contributed by atoms with Crippen LogP contribution in [0.3, 0.4) is 0 Å². The number of nitrogens with one attached hydrogen (secondary N) is 1. The van der Waals surface area contributed by atoms with Gasteiger partial charge in [0.15, 0.2) is 0 Å². The highest BCUT2D eigenvalue weighted by atomic mass is 16.6. The SMILES string of the molecule is CCCOCCOC(=O)CC(=N)COC(=O)N(C)C. The molecule has 0 aliphatic heterocycles. The second kappa shape index (κ2) is 10.3. The molecule has 0 rings (SSSR count). The van der Waals surface area contributed by atoms with Crippen molar-refractivity contribution in [3.8, 4) is 0 Å². The number of carbonyl (C=O) groups is 2. The molecule has 0 bridgehead atoms. The van der Waals surface area contributed by atoms with E-state index >= 15 is 0 Å². The minimum Gasteiger partial charge on any atom is -0.463 e. The molecule has 0 aliphatic carbocycles. The van der Waals surface area contributed by atoms with Gasteiger partial charge in [0.25, 0.3) is 0 Å². The summed E-state index contributed by atoms with van der Waals surface area (Å²) in [5.41, 5.74) is -0.00493. The van der Waals surface area contributed by atoms with Crippen LogP contribution >= 0.6 is 0 Å². The van der Waals surface area contributed by atoms with Gasteiger partial charge in [-0.15, -0.1) is 0 Å². The van der Waals surface area contributed by atoms with Crippen molar-refractivity contribution in [3.05, 3.63) is 0 Å². The highest BCUT2D eigenvalue weighted by Gasteiger charge is 2.11. The number of carbonyl (C=O) groups excluding carboxylic acids is 2. The molecule has 0 aliphatic rings. The molecule has 0 heterocycles. The zero-order valence-electron chi connectivity index (χ0n) is 11.7. The zero-order valence-corrected chi connectivity index (χ0v) is 11.7. The summed E-state index contributed by atoms with van der Waals surface area (Å²) in [5.74, 6) is -0.522. The molecular formula is C12H22N2O5.